The molecule has 0 atom stereocenters. The van der Waals surface area contributed by atoms with Gasteiger partial charge in [-0.25, -0.2) is 14.3 Å². The van der Waals surface area contributed by atoms with Crippen LogP contribution in [0.15, 0.2) is 73.3 Å². The quantitative estimate of drug-likeness (QED) is 0.405. The van der Waals surface area contributed by atoms with Crippen molar-refractivity contribution < 1.29 is 22.8 Å². The van der Waals surface area contributed by atoms with E-state index in [2.05, 4.69) is 25.8 Å². The number of carbonyl (C=O) groups is 2. The summed E-state index contributed by atoms with van der Waals surface area (Å²) in [7, 11) is 0. The Balaban J connectivity index is 1.35. The standard InChI is InChI=1S/C22H18F3N7O2/c23-22(24,25)19-17(14-32(30-19)16-5-2-1-3-6-16)21(34)27-11-10-26-20(33)15-7-8-18(28-13-15)31-12-4-9-29-31/h1-9,12-14H,10-11H2,(H,26,33)(H,27,34). The van der Waals surface area contributed by atoms with Crippen LogP contribution in [-0.4, -0.2) is 49.4 Å². The number of carbonyl (C=O) groups excluding carboxylic acids is 2. The number of amides is 2. The number of para-hydroxylation sites is 1. The summed E-state index contributed by atoms with van der Waals surface area (Å²) in [6.07, 6.45) is 0.896. The van der Waals surface area contributed by atoms with Crippen molar-refractivity contribution >= 4 is 11.8 Å². The minimum absolute atomic E-state index is 0.000343. The van der Waals surface area contributed by atoms with Gasteiger partial charge in [-0.2, -0.15) is 23.4 Å². The molecule has 0 spiro atoms. The maximum Gasteiger partial charge on any atom is 0.435 e. The minimum atomic E-state index is -4.81. The lowest BCUT2D eigenvalue weighted by Gasteiger charge is -2.08. The van der Waals surface area contributed by atoms with Crippen molar-refractivity contribution in [3.63, 3.8) is 0 Å². The van der Waals surface area contributed by atoms with Crippen LogP contribution in [0.2, 0.25) is 0 Å². The van der Waals surface area contributed by atoms with Crippen molar-refractivity contribution in [1.82, 2.24) is 35.2 Å². The molecule has 0 aliphatic carbocycles. The van der Waals surface area contributed by atoms with Crippen LogP contribution >= 0.6 is 0 Å². The third kappa shape index (κ3) is 5.11. The zero-order valence-corrected chi connectivity index (χ0v) is 17.5. The zero-order valence-electron chi connectivity index (χ0n) is 17.5. The van der Waals surface area contributed by atoms with Gasteiger partial charge in [0.05, 0.1) is 16.8 Å². The van der Waals surface area contributed by atoms with Crippen molar-refractivity contribution in [2.45, 2.75) is 6.18 Å². The average Bonchev–Trinajstić information content (AvgIpc) is 3.53. The molecule has 0 unspecified atom stereocenters. The molecule has 12 heteroatoms. The number of hydrogen-bond donors (Lipinski definition) is 2. The summed E-state index contributed by atoms with van der Waals surface area (Å²) >= 11 is 0. The van der Waals surface area contributed by atoms with Crippen LogP contribution in [0.4, 0.5) is 13.2 Å². The number of halogens is 3. The molecule has 4 aromatic rings. The van der Waals surface area contributed by atoms with Gasteiger partial charge in [0, 0.05) is 37.9 Å². The van der Waals surface area contributed by atoms with Gasteiger partial charge in [0.15, 0.2) is 11.5 Å². The summed E-state index contributed by atoms with van der Waals surface area (Å²) in [4.78, 5) is 28.8. The first-order chi connectivity index (χ1) is 16.3. The highest BCUT2D eigenvalue weighted by atomic mass is 19.4. The molecule has 2 amide bonds. The highest BCUT2D eigenvalue weighted by Crippen LogP contribution is 2.31. The monoisotopic (exact) mass is 469 g/mol. The summed E-state index contributed by atoms with van der Waals surface area (Å²) in [6.45, 7) is -0.0865. The molecule has 0 saturated heterocycles. The molecule has 0 saturated carbocycles. The van der Waals surface area contributed by atoms with Crippen LogP contribution < -0.4 is 10.6 Å². The maximum absolute atomic E-state index is 13.4. The predicted molar refractivity (Wildman–Crippen MR) is 115 cm³/mol. The van der Waals surface area contributed by atoms with Crippen molar-refractivity contribution in [2.24, 2.45) is 0 Å². The van der Waals surface area contributed by atoms with Gasteiger partial charge in [-0.1, -0.05) is 18.2 Å². The van der Waals surface area contributed by atoms with Crippen LogP contribution in [0.3, 0.4) is 0 Å². The maximum atomic E-state index is 13.4. The van der Waals surface area contributed by atoms with Gasteiger partial charge in [0.25, 0.3) is 11.8 Å². The predicted octanol–water partition coefficient (Wildman–Crippen LogP) is 2.63. The molecule has 0 radical (unpaired) electrons. The van der Waals surface area contributed by atoms with Gasteiger partial charge in [-0.05, 0) is 30.3 Å². The Morgan fingerprint density at radius 3 is 2.26 bits per heavy atom. The Morgan fingerprint density at radius 1 is 0.912 bits per heavy atom. The van der Waals surface area contributed by atoms with E-state index < -0.39 is 29.2 Å². The summed E-state index contributed by atoms with van der Waals surface area (Å²) in [6, 6.07) is 13.1. The molecule has 4 rings (SSSR count). The molecule has 0 fully saturated rings. The minimum Gasteiger partial charge on any atom is -0.350 e. The molecule has 1 aromatic carbocycles. The third-order valence-corrected chi connectivity index (χ3v) is 4.69. The number of benzene rings is 1. The van der Waals surface area contributed by atoms with Gasteiger partial charge in [0.1, 0.15) is 0 Å². The van der Waals surface area contributed by atoms with E-state index >= 15 is 0 Å². The molecule has 174 valence electrons. The Kier molecular flexibility index (Phi) is 6.39. The topological polar surface area (TPSA) is 107 Å². The number of hydrogen-bond acceptors (Lipinski definition) is 5. The van der Waals surface area contributed by atoms with Crippen LogP contribution in [0.1, 0.15) is 26.4 Å². The third-order valence-electron chi connectivity index (χ3n) is 4.69. The van der Waals surface area contributed by atoms with Gasteiger partial charge in [-0.15, -0.1) is 0 Å². The fourth-order valence-corrected chi connectivity index (χ4v) is 3.07. The van der Waals surface area contributed by atoms with E-state index in [0.29, 0.717) is 11.5 Å². The van der Waals surface area contributed by atoms with E-state index in [1.54, 1.807) is 60.9 Å². The molecule has 0 aliphatic rings. The summed E-state index contributed by atoms with van der Waals surface area (Å²) in [5.41, 5.74) is -1.24. The van der Waals surface area contributed by atoms with Crippen LogP contribution in [0.25, 0.3) is 11.5 Å². The second-order valence-electron chi connectivity index (χ2n) is 7.04. The smallest absolute Gasteiger partial charge is 0.350 e. The first-order valence-corrected chi connectivity index (χ1v) is 10.1. The number of nitrogens with one attached hydrogen (secondary N) is 2. The Labute approximate surface area is 191 Å². The zero-order chi connectivity index (χ0) is 24.1. The molecule has 3 heterocycles. The van der Waals surface area contributed by atoms with Gasteiger partial charge >= 0.3 is 6.18 Å². The average molecular weight is 469 g/mol. The number of nitrogens with zero attached hydrogens (tertiary/aromatic N) is 5. The Bertz CT molecular complexity index is 1270. The fraction of sp³-hybridized carbons (Fsp3) is 0.136. The van der Waals surface area contributed by atoms with Crippen LogP contribution in [0, 0.1) is 0 Å². The highest BCUT2D eigenvalue weighted by Gasteiger charge is 2.39. The number of alkyl halides is 3. The van der Waals surface area contributed by atoms with Crippen LogP contribution in [0.5, 0.6) is 0 Å². The molecular weight excluding hydrogens is 451 g/mol. The lowest BCUT2D eigenvalue weighted by molar-refractivity contribution is -0.141. The second-order valence-corrected chi connectivity index (χ2v) is 7.04. The molecular formula is C22H18F3N7O2. The Morgan fingerprint density at radius 2 is 1.65 bits per heavy atom. The van der Waals surface area contributed by atoms with Crippen molar-refractivity contribution in [3.05, 3.63) is 90.1 Å². The van der Waals surface area contributed by atoms with Crippen molar-refractivity contribution in [3.8, 4) is 11.5 Å². The first-order valence-electron chi connectivity index (χ1n) is 10.1. The lowest BCUT2D eigenvalue weighted by atomic mass is 10.2. The first kappa shape index (κ1) is 22.7. The molecule has 34 heavy (non-hydrogen) atoms. The van der Waals surface area contributed by atoms with Gasteiger partial charge < -0.3 is 10.6 Å². The second kappa shape index (κ2) is 9.57. The van der Waals surface area contributed by atoms with Crippen molar-refractivity contribution in [1.29, 1.82) is 0 Å². The Hall–Kier alpha value is -4.48. The van der Waals surface area contributed by atoms with Gasteiger partial charge in [-0.3, -0.25) is 9.59 Å². The summed E-state index contributed by atoms with van der Waals surface area (Å²) in [5, 5.41) is 12.5. The fourth-order valence-electron chi connectivity index (χ4n) is 3.07. The van der Waals surface area contributed by atoms with E-state index in [1.165, 1.54) is 10.9 Å². The normalized spacial score (nSPS) is 11.3. The molecule has 0 aliphatic heterocycles. The van der Waals surface area contributed by atoms with Crippen LogP contribution in [-0.2, 0) is 6.18 Å². The molecule has 3 aromatic heterocycles. The molecule has 0 bridgehead atoms. The lowest BCUT2D eigenvalue weighted by Crippen LogP contribution is -2.35. The number of rotatable bonds is 7. The number of aromatic nitrogens is 5. The summed E-state index contributed by atoms with van der Waals surface area (Å²) in [5.74, 6) is -0.860. The highest BCUT2D eigenvalue weighted by molar-refractivity contribution is 5.96. The van der Waals surface area contributed by atoms with E-state index in [-0.39, 0.29) is 18.7 Å². The molecule has 9 nitrogen and oxygen atoms in total. The van der Waals surface area contributed by atoms with E-state index in [4.69, 9.17) is 0 Å². The molecule has 2 N–H and O–H groups in total. The van der Waals surface area contributed by atoms with Crippen molar-refractivity contribution in [2.75, 3.05) is 13.1 Å². The van der Waals surface area contributed by atoms with E-state index in [9.17, 15) is 22.8 Å². The number of pyridine rings is 1. The van der Waals surface area contributed by atoms with Gasteiger partial charge in [0.2, 0.25) is 0 Å². The largest absolute Gasteiger partial charge is 0.435 e. The van der Waals surface area contributed by atoms with E-state index in [1.807, 2.05) is 0 Å². The summed E-state index contributed by atoms with van der Waals surface area (Å²) < 4.78 is 42.8. The van der Waals surface area contributed by atoms with E-state index in [0.717, 1.165) is 10.9 Å². The SMILES string of the molecule is O=C(NCCNC(=O)c1cn(-c2ccccc2)nc1C(F)(F)F)c1ccc(-n2cccn2)nc1.